The van der Waals surface area contributed by atoms with Crippen LogP contribution in [0.15, 0.2) is 36.5 Å². The molecule has 22 heavy (non-hydrogen) atoms. The van der Waals surface area contributed by atoms with Gasteiger partial charge in [-0.3, -0.25) is 4.98 Å². The summed E-state index contributed by atoms with van der Waals surface area (Å²) < 4.78 is 37.5. The molecule has 1 saturated carbocycles. The van der Waals surface area contributed by atoms with Gasteiger partial charge in [0.1, 0.15) is 5.69 Å². The fourth-order valence-electron chi connectivity index (χ4n) is 2.20. The maximum Gasteiger partial charge on any atom is 0.433 e. The smallest absolute Gasteiger partial charge is 0.321 e. The molecule has 1 aliphatic rings. The van der Waals surface area contributed by atoms with Gasteiger partial charge < -0.3 is 5.73 Å². The van der Waals surface area contributed by atoms with Gasteiger partial charge in [-0.1, -0.05) is 17.7 Å². The number of rotatable bonds is 2. The predicted octanol–water partition coefficient (Wildman–Crippen LogP) is 4.79. The molecular formula is C15H13Cl2F3N2. The van der Waals surface area contributed by atoms with Crippen LogP contribution in [-0.2, 0) is 11.7 Å². The van der Waals surface area contributed by atoms with Crippen LogP contribution < -0.4 is 5.73 Å². The number of pyridine rings is 1. The van der Waals surface area contributed by atoms with Crippen molar-refractivity contribution in [3.8, 4) is 11.1 Å². The van der Waals surface area contributed by atoms with Crippen LogP contribution in [0, 0.1) is 0 Å². The van der Waals surface area contributed by atoms with Crippen molar-refractivity contribution in [2.45, 2.75) is 24.6 Å². The first-order valence-electron chi connectivity index (χ1n) is 6.41. The van der Waals surface area contributed by atoms with Crippen LogP contribution in [0.1, 0.15) is 24.1 Å². The molecule has 1 heterocycles. The minimum absolute atomic E-state index is 0. The normalized spacial score (nSPS) is 16.0. The number of alkyl halides is 3. The molecule has 0 atom stereocenters. The Morgan fingerprint density at radius 3 is 2.27 bits per heavy atom. The molecule has 2 aromatic rings. The lowest BCUT2D eigenvalue weighted by atomic mass is 9.99. The number of aromatic nitrogens is 1. The fraction of sp³-hybridized carbons (Fsp3) is 0.267. The Labute approximate surface area is 136 Å². The van der Waals surface area contributed by atoms with E-state index in [-0.39, 0.29) is 17.9 Å². The van der Waals surface area contributed by atoms with E-state index in [0.29, 0.717) is 10.6 Å². The SMILES string of the molecule is Cl.NC1(c2cc(Cl)cc(-c3ccc(C(F)(F)F)nc3)c2)CC1. The van der Waals surface area contributed by atoms with Gasteiger partial charge in [0, 0.05) is 22.3 Å². The average molecular weight is 349 g/mol. The quantitative estimate of drug-likeness (QED) is 0.847. The number of nitrogens with two attached hydrogens (primary N) is 1. The van der Waals surface area contributed by atoms with E-state index in [1.165, 1.54) is 12.3 Å². The van der Waals surface area contributed by atoms with Gasteiger partial charge in [-0.15, -0.1) is 12.4 Å². The van der Waals surface area contributed by atoms with Crippen molar-refractivity contribution in [3.63, 3.8) is 0 Å². The van der Waals surface area contributed by atoms with E-state index in [2.05, 4.69) is 4.98 Å². The summed E-state index contributed by atoms with van der Waals surface area (Å²) in [6.45, 7) is 0. The Bertz CT molecular complexity index is 680. The lowest BCUT2D eigenvalue weighted by molar-refractivity contribution is -0.141. The van der Waals surface area contributed by atoms with Crippen molar-refractivity contribution in [1.29, 1.82) is 0 Å². The van der Waals surface area contributed by atoms with E-state index in [4.69, 9.17) is 17.3 Å². The molecule has 0 amide bonds. The van der Waals surface area contributed by atoms with E-state index < -0.39 is 11.9 Å². The number of hydrogen-bond donors (Lipinski definition) is 1. The topological polar surface area (TPSA) is 38.9 Å². The van der Waals surface area contributed by atoms with Gasteiger partial charge >= 0.3 is 6.18 Å². The summed E-state index contributed by atoms with van der Waals surface area (Å²) in [6, 6.07) is 7.71. The van der Waals surface area contributed by atoms with Crippen LogP contribution in [0.2, 0.25) is 5.02 Å². The predicted molar refractivity (Wildman–Crippen MR) is 82.0 cm³/mol. The summed E-state index contributed by atoms with van der Waals surface area (Å²) in [5.74, 6) is 0. The highest BCUT2D eigenvalue weighted by Gasteiger charge is 2.40. The molecule has 1 aromatic carbocycles. The Balaban J connectivity index is 0.00000176. The minimum Gasteiger partial charge on any atom is -0.321 e. The molecule has 3 rings (SSSR count). The zero-order valence-electron chi connectivity index (χ0n) is 11.3. The second kappa shape index (κ2) is 5.72. The fourth-order valence-corrected chi connectivity index (χ4v) is 2.43. The summed E-state index contributed by atoms with van der Waals surface area (Å²) in [7, 11) is 0. The largest absolute Gasteiger partial charge is 0.433 e. The molecule has 1 fully saturated rings. The van der Waals surface area contributed by atoms with E-state index in [1.807, 2.05) is 6.07 Å². The van der Waals surface area contributed by atoms with Crippen LogP contribution in [0.3, 0.4) is 0 Å². The Kier molecular flexibility index (Phi) is 4.44. The molecular weight excluding hydrogens is 336 g/mol. The van der Waals surface area contributed by atoms with Crippen molar-refractivity contribution in [1.82, 2.24) is 4.98 Å². The van der Waals surface area contributed by atoms with Gasteiger partial charge in [0.15, 0.2) is 0 Å². The third-order valence-corrected chi connectivity index (χ3v) is 3.87. The first-order valence-corrected chi connectivity index (χ1v) is 6.79. The Hall–Kier alpha value is -1.30. The van der Waals surface area contributed by atoms with E-state index in [1.54, 1.807) is 12.1 Å². The first kappa shape index (κ1) is 17.1. The molecule has 0 aliphatic heterocycles. The number of nitrogens with zero attached hydrogens (tertiary/aromatic N) is 1. The monoisotopic (exact) mass is 348 g/mol. The second-order valence-electron chi connectivity index (χ2n) is 5.31. The molecule has 0 unspecified atom stereocenters. The minimum atomic E-state index is -4.44. The van der Waals surface area contributed by atoms with Crippen molar-refractivity contribution < 1.29 is 13.2 Å². The number of halogens is 5. The zero-order chi connectivity index (χ0) is 15.3. The van der Waals surface area contributed by atoms with Crippen LogP contribution >= 0.6 is 24.0 Å². The molecule has 118 valence electrons. The van der Waals surface area contributed by atoms with E-state index in [0.717, 1.165) is 30.0 Å². The maximum absolute atomic E-state index is 12.5. The van der Waals surface area contributed by atoms with Gasteiger partial charge in [-0.05, 0) is 48.2 Å². The van der Waals surface area contributed by atoms with Crippen molar-refractivity contribution in [2.24, 2.45) is 5.73 Å². The van der Waals surface area contributed by atoms with E-state index >= 15 is 0 Å². The average Bonchev–Trinajstić information content (AvgIpc) is 3.17. The lowest BCUT2D eigenvalue weighted by Gasteiger charge is -2.13. The third kappa shape index (κ3) is 3.37. The summed E-state index contributed by atoms with van der Waals surface area (Å²) >= 11 is 6.08. The molecule has 1 aliphatic carbocycles. The van der Waals surface area contributed by atoms with Gasteiger partial charge in [0.05, 0.1) is 0 Å². The molecule has 0 bridgehead atoms. The number of hydrogen-bond acceptors (Lipinski definition) is 2. The molecule has 2 N–H and O–H groups in total. The van der Waals surface area contributed by atoms with Gasteiger partial charge in [-0.2, -0.15) is 13.2 Å². The zero-order valence-corrected chi connectivity index (χ0v) is 12.9. The van der Waals surface area contributed by atoms with Gasteiger partial charge in [-0.25, -0.2) is 0 Å². The Morgan fingerprint density at radius 1 is 1.09 bits per heavy atom. The molecule has 1 aromatic heterocycles. The Morgan fingerprint density at radius 2 is 1.77 bits per heavy atom. The van der Waals surface area contributed by atoms with Gasteiger partial charge in [0.25, 0.3) is 0 Å². The second-order valence-corrected chi connectivity index (χ2v) is 5.75. The molecule has 7 heteroatoms. The van der Waals surface area contributed by atoms with Crippen molar-refractivity contribution in [3.05, 3.63) is 52.8 Å². The van der Waals surface area contributed by atoms with Gasteiger partial charge in [0.2, 0.25) is 0 Å². The third-order valence-electron chi connectivity index (χ3n) is 3.65. The summed E-state index contributed by atoms with van der Waals surface area (Å²) in [5.41, 5.74) is 7.09. The van der Waals surface area contributed by atoms with Crippen LogP contribution in [0.25, 0.3) is 11.1 Å². The number of benzene rings is 1. The maximum atomic E-state index is 12.5. The van der Waals surface area contributed by atoms with Crippen LogP contribution in [0.5, 0.6) is 0 Å². The van der Waals surface area contributed by atoms with Crippen LogP contribution in [-0.4, -0.2) is 4.98 Å². The lowest BCUT2D eigenvalue weighted by Crippen LogP contribution is -2.18. The standard InChI is InChI=1S/C15H12ClF3N2.ClH/c16-12-6-10(5-11(7-12)14(20)3-4-14)9-1-2-13(21-8-9)15(17,18)19;/h1-2,5-8H,3-4,20H2;1H. The summed E-state index contributed by atoms with van der Waals surface area (Å²) in [6.07, 6.45) is -1.46. The molecule has 0 radical (unpaired) electrons. The van der Waals surface area contributed by atoms with Crippen LogP contribution in [0.4, 0.5) is 13.2 Å². The highest BCUT2D eigenvalue weighted by atomic mass is 35.5. The highest BCUT2D eigenvalue weighted by molar-refractivity contribution is 6.31. The first-order chi connectivity index (χ1) is 9.78. The van der Waals surface area contributed by atoms with Crippen molar-refractivity contribution >= 4 is 24.0 Å². The molecule has 0 saturated heterocycles. The molecule has 2 nitrogen and oxygen atoms in total. The summed E-state index contributed by atoms with van der Waals surface area (Å²) in [4.78, 5) is 3.46. The van der Waals surface area contributed by atoms with E-state index in [9.17, 15) is 13.2 Å². The molecule has 0 spiro atoms. The highest BCUT2D eigenvalue weighted by Crippen LogP contribution is 2.44. The van der Waals surface area contributed by atoms with Crippen molar-refractivity contribution in [2.75, 3.05) is 0 Å². The summed E-state index contributed by atoms with van der Waals surface area (Å²) in [5, 5.41) is 0.513.